The van der Waals surface area contributed by atoms with Crippen molar-refractivity contribution in [2.45, 2.75) is 6.42 Å². The molecule has 0 radical (unpaired) electrons. The maximum absolute atomic E-state index is 12.0. The number of hydrogen-bond acceptors (Lipinski definition) is 1. The number of aryl methyl sites for hydroxylation is 1. The Kier molecular flexibility index (Phi) is 4.19. The van der Waals surface area contributed by atoms with E-state index in [9.17, 15) is 4.39 Å². The summed E-state index contributed by atoms with van der Waals surface area (Å²) in [5.74, 6) is 0. The summed E-state index contributed by atoms with van der Waals surface area (Å²) in [7, 11) is 0. The lowest BCUT2D eigenvalue weighted by atomic mass is 10.1. The van der Waals surface area contributed by atoms with Crippen molar-refractivity contribution < 1.29 is 4.39 Å². The third-order valence-electron chi connectivity index (χ3n) is 1.78. The second-order valence-corrected chi connectivity index (χ2v) is 2.82. The summed E-state index contributed by atoms with van der Waals surface area (Å²) >= 11 is 0. The molecule has 0 unspecified atom stereocenters. The Morgan fingerprint density at radius 3 is 2.92 bits per heavy atom. The monoisotopic (exact) mass is 179 g/mol. The van der Waals surface area contributed by atoms with Crippen LogP contribution in [0.3, 0.4) is 0 Å². The molecule has 0 amide bonds. The molecule has 0 fully saturated rings. The average Bonchev–Trinajstić information content (AvgIpc) is 2.16. The lowest BCUT2D eigenvalue weighted by Gasteiger charge is -1.98. The van der Waals surface area contributed by atoms with Crippen molar-refractivity contribution >= 4 is 6.08 Å². The van der Waals surface area contributed by atoms with Gasteiger partial charge < -0.3 is 5.73 Å². The molecule has 0 aliphatic carbocycles. The minimum absolute atomic E-state index is 0.302. The Morgan fingerprint density at radius 2 is 2.23 bits per heavy atom. The zero-order valence-corrected chi connectivity index (χ0v) is 7.54. The number of hydrogen-bond donors (Lipinski definition) is 1. The van der Waals surface area contributed by atoms with Crippen LogP contribution in [0.15, 0.2) is 30.3 Å². The highest BCUT2D eigenvalue weighted by atomic mass is 19.1. The molecule has 1 aromatic rings. The summed E-state index contributed by atoms with van der Waals surface area (Å²) in [4.78, 5) is 0. The zero-order valence-electron chi connectivity index (χ0n) is 7.54. The van der Waals surface area contributed by atoms with E-state index >= 15 is 0 Å². The smallest absolute Gasteiger partial charge is 0.0934 e. The van der Waals surface area contributed by atoms with E-state index in [2.05, 4.69) is 0 Å². The SMILES string of the molecule is NC/C=C/c1cccc(CCF)c1. The maximum Gasteiger partial charge on any atom is 0.0934 e. The fraction of sp³-hybridized carbons (Fsp3) is 0.273. The van der Waals surface area contributed by atoms with Crippen molar-refractivity contribution in [1.29, 1.82) is 0 Å². The molecule has 0 atom stereocenters. The van der Waals surface area contributed by atoms with Crippen LogP contribution in [0, 0.1) is 0 Å². The molecular weight excluding hydrogens is 165 g/mol. The standard InChI is InChI=1S/C11H14FN/c12-7-6-11-4-1-3-10(9-11)5-2-8-13/h1-5,9H,6-8,13H2/b5-2+. The lowest BCUT2D eigenvalue weighted by Crippen LogP contribution is -1.92. The first kappa shape index (κ1) is 9.93. The lowest BCUT2D eigenvalue weighted by molar-refractivity contribution is 0.495. The van der Waals surface area contributed by atoms with E-state index in [1.807, 2.05) is 36.4 Å². The first-order chi connectivity index (χ1) is 6.36. The predicted molar refractivity (Wildman–Crippen MR) is 54.2 cm³/mol. The van der Waals surface area contributed by atoms with E-state index in [0.29, 0.717) is 13.0 Å². The minimum Gasteiger partial charge on any atom is -0.327 e. The van der Waals surface area contributed by atoms with Crippen molar-refractivity contribution in [1.82, 2.24) is 0 Å². The second-order valence-electron chi connectivity index (χ2n) is 2.82. The summed E-state index contributed by atoms with van der Waals surface area (Å²) in [6.07, 6.45) is 4.32. The Bertz CT molecular complexity index is 281. The van der Waals surface area contributed by atoms with Crippen LogP contribution in [0.1, 0.15) is 11.1 Å². The van der Waals surface area contributed by atoms with Crippen molar-refractivity contribution in [3.8, 4) is 0 Å². The van der Waals surface area contributed by atoms with E-state index in [0.717, 1.165) is 11.1 Å². The van der Waals surface area contributed by atoms with Crippen LogP contribution in [-0.4, -0.2) is 13.2 Å². The topological polar surface area (TPSA) is 26.0 Å². The van der Waals surface area contributed by atoms with Gasteiger partial charge in [0.25, 0.3) is 0 Å². The molecule has 1 rings (SSSR count). The van der Waals surface area contributed by atoms with Crippen LogP contribution in [0.2, 0.25) is 0 Å². The van der Waals surface area contributed by atoms with Gasteiger partial charge in [0.1, 0.15) is 0 Å². The van der Waals surface area contributed by atoms with Gasteiger partial charge in [-0.2, -0.15) is 0 Å². The van der Waals surface area contributed by atoms with Crippen LogP contribution in [0.5, 0.6) is 0 Å². The van der Waals surface area contributed by atoms with Crippen molar-refractivity contribution in [3.05, 3.63) is 41.5 Å². The average molecular weight is 179 g/mol. The van der Waals surface area contributed by atoms with E-state index in [1.165, 1.54) is 0 Å². The molecule has 2 N–H and O–H groups in total. The molecule has 0 aromatic heterocycles. The second kappa shape index (κ2) is 5.49. The highest BCUT2D eigenvalue weighted by Crippen LogP contribution is 2.07. The molecule has 0 aliphatic heterocycles. The van der Waals surface area contributed by atoms with Crippen LogP contribution in [0.4, 0.5) is 4.39 Å². The molecule has 1 nitrogen and oxygen atoms in total. The third kappa shape index (κ3) is 3.38. The fourth-order valence-electron chi connectivity index (χ4n) is 1.17. The fourth-order valence-corrected chi connectivity index (χ4v) is 1.17. The molecule has 0 aliphatic rings. The highest BCUT2D eigenvalue weighted by Gasteiger charge is 1.92. The maximum atomic E-state index is 12.0. The van der Waals surface area contributed by atoms with E-state index < -0.39 is 0 Å². The van der Waals surface area contributed by atoms with E-state index in [1.54, 1.807) is 0 Å². The van der Waals surface area contributed by atoms with Gasteiger partial charge in [-0.05, 0) is 11.1 Å². The van der Waals surface area contributed by atoms with Crippen LogP contribution in [-0.2, 0) is 6.42 Å². The van der Waals surface area contributed by atoms with Gasteiger partial charge in [-0.1, -0.05) is 36.4 Å². The molecular formula is C11H14FN. The van der Waals surface area contributed by atoms with Crippen LogP contribution in [0.25, 0.3) is 6.08 Å². The Morgan fingerprint density at radius 1 is 1.38 bits per heavy atom. The highest BCUT2D eigenvalue weighted by molar-refractivity contribution is 5.50. The summed E-state index contributed by atoms with van der Waals surface area (Å²) in [5, 5.41) is 0. The Balaban J connectivity index is 2.73. The van der Waals surface area contributed by atoms with Gasteiger partial charge in [-0.15, -0.1) is 0 Å². The molecule has 1 aromatic carbocycles. The largest absolute Gasteiger partial charge is 0.327 e. The molecule has 0 saturated carbocycles. The summed E-state index contributed by atoms with van der Waals surface area (Å²) < 4.78 is 12.0. The van der Waals surface area contributed by atoms with Crippen molar-refractivity contribution in [2.24, 2.45) is 5.73 Å². The summed E-state index contributed by atoms with van der Waals surface area (Å²) in [5.41, 5.74) is 7.44. The summed E-state index contributed by atoms with van der Waals surface area (Å²) in [6.45, 7) is 0.234. The van der Waals surface area contributed by atoms with Crippen LogP contribution >= 0.6 is 0 Å². The molecule has 0 saturated heterocycles. The molecule has 0 bridgehead atoms. The predicted octanol–water partition coefficient (Wildman–Crippen LogP) is 2.17. The van der Waals surface area contributed by atoms with Gasteiger partial charge >= 0.3 is 0 Å². The Labute approximate surface area is 78.1 Å². The molecule has 70 valence electrons. The van der Waals surface area contributed by atoms with Gasteiger partial charge in [0.05, 0.1) is 6.67 Å². The first-order valence-electron chi connectivity index (χ1n) is 4.38. The van der Waals surface area contributed by atoms with Gasteiger partial charge in [0, 0.05) is 13.0 Å². The minimum atomic E-state index is -0.302. The normalized spacial score (nSPS) is 10.9. The number of halogens is 1. The number of benzene rings is 1. The van der Waals surface area contributed by atoms with Crippen molar-refractivity contribution in [2.75, 3.05) is 13.2 Å². The third-order valence-corrected chi connectivity index (χ3v) is 1.78. The quantitative estimate of drug-likeness (QED) is 0.753. The number of rotatable bonds is 4. The van der Waals surface area contributed by atoms with E-state index in [4.69, 9.17) is 5.73 Å². The van der Waals surface area contributed by atoms with Crippen molar-refractivity contribution in [3.63, 3.8) is 0 Å². The van der Waals surface area contributed by atoms with Gasteiger partial charge in [0.2, 0.25) is 0 Å². The number of nitrogens with two attached hydrogens (primary N) is 1. The molecule has 0 spiro atoms. The molecule has 13 heavy (non-hydrogen) atoms. The molecule has 0 heterocycles. The number of alkyl halides is 1. The van der Waals surface area contributed by atoms with E-state index in [-0.39, 0.29) is 6.67 Å². The zero-order chi connectivity index (χ0) is 9.52. The van der Waals surface area contributed by atoms with Crippen LogP contribution < -0.4 is 5.73 Å². The van der Waals surface area contributed by atoms with Gasteiger partial charge in [0.15, 0.2) is 0 Å². The van der Waals surface area contributed by atoms with Gasteiger partial charge in [-0.3, -0.25) is 4.39 Å². The first-order valence-corrected chi connectivity index (χ1v) is 4.38. The van der Waals surface area contributed by atoms with Gasteiger partial charge in [-0.25, -0.2) is 0 Å². The molecule has 2 heteroatoms. The Hall–Kier alpha value is -1.15. The summed E-state index contributed by atoms with van der Waals surface area (Å²) in [6, 6.07) is 7.82.